The van der Waals surface area contributed by atoms with Crippen LogP contribution in [0.15, 0.2) is 24.3 Å². The van der Waals surface area contributed by atoms with Gasteiger partial charge in [-0.3, -0.25) is 4.79 Å². The van der Waals surface area contributed by atoms with Crippen LogP contribution in [-0.4, -0.2) is 30.0 Å². The van der Waals surface area contributed by atoms with Crippen molar-refractivity contribution in [1.29, 1.82) is 0 Å². The molecule has 1 N–H and O–H groups in total. The van der Waals surface area contributed by atoms with E-state index >= 15 is 0 Å². The molecule has 1 rings (SSSR count). The lowest BCUT2D eigenvalue weighted by Gasteiger charge is -2.29. The third-order valence-corrected chi connectivity index (χ3v) is 3.85. The molecule has 0 heterocycles. The number of nitrogens with one attached hydrogen (secondary N) is 1. The van der Waals surface area contributed by atoms with E-state index in [1.165, 1.54) is 7.05 Å². The number of halogens is 2. The van der Waals surface area contributed by atoms with Gasteiger partial charge in [-0.25, -0.2) is 4.79 Å². The Kier molecular flexibility index (Phi) is 6.30. The minimum absolute atomic E-state index is 0.0479. The van der Waals surface area contributed by atoms with Gasteiger partial charge in [0.1, 0.15) is 0 Å². The largest absolute Gasteiger partial charge is 0.431 e. The van der Waals surface area contributed by atoms with Gasteiger partial charge < -0.3 is 10.2 Å². The molecule has 1 aromatic rings. The fourth-order valence-corrected chi connectivity index (χ4v) is 1.78. The molecular weight excluding hydrogens is 315 g/mol. The molecule has 1 aromatic carbocycles. The van der Waals surface area contributed by atoms with Crippen LogP contribution in [0.4, 0.5) is 4.79 Å². The van der Waals surface area contributed by atoms with Crippen LogP contribution in [0.3, 0.4) is 0 Å². The van der Waals surface area contributed by atoms with Gasteiger partial charge in [0.15, 0.2) is 0 Å². The molecule has 0 spiro atoms. The summed E-state index contributed by atoms with van der Waals surface area (Å²) in [5.41, 5.74) is -0.196. The zero-order valence-electron chi connectivity index (χ0n) is 12.2. The number of amides is 2. The first kappa shape index (κ1) is 17.6. The number of hydrogen-bond acceptors (Lipinski definition) is 3. The summed E-state index contributed by atoms with van der Waals surface area (Å²) in [5, 5.41) is 3.76. The van der Waals surface area contributed by atoms with E-state index in [4.69, 9.17) is 28.0 Å². The lowest BCUT2D eigenvalue weighted by atomic mass is 9.95. The summed E-state index contributed by atoms with van der Waals surface area (Å²) in [6.45, 7) is 3.40. The van der Waals surface area contributed by atoms with E-state index in [1.54, 1.807) is 38.1 Å². The second kappa shape index (κ2) is 7.52. The number of nitrogens with zero attached hydrogens (tertiary/aromatic N) is 1. The molecule has 0 saturated carbocycles. The summed E-state index contributed by atoms with van der Waals surface area (Å²) in [4.78, 5) is 28.9. The molecule has 0 saturated heterocycles. The average Bonchev–Trinajstić information content (AvgIpc) is 2.47. The Morgan fingerprint density at radius 2 is 1.95 bits per heavy atom. The monoisotopic (exact) mass is 332 g/mol. The van der Waals surface area contributed by atoms with Gasteiger partial charge in [-0.15, -0.1) is 11.6 Å². The molecule has 0 aromatic heterocycles. The predicted molar refractivity (Wildman–Crippen MR) is 82.0 cm³/mol. The Morgan fingerprint density at radius 3 is 2.48 bits per heavy atom. The van der Waals surface area contributed by atoms with Gasteiger partial charge in [-0.05, 0) is 25.5 Å². The van der Waals surface area contributed by atoms with E-state index in [-0.39, 0.29) is 12.4 Å². The Balaban J connectivity index is 3.00. The number of benzene rings is 1. The van der Waals surface area contributed by atoms with Gasteiger partial charge in [0, 0.05) is 18.0 Å². The summed E-state index contributed by atoms with van der Waals surface area (Å²) >= 11 is 11.9. The summed E-state index contributed by atoms with van der Waals surface area (Å²) in [7, 11) is 1.41. The topological polar surface area (TPSA) is 58.6 Å². The van der Waals surface area contributed by atoms with Crippen molar-refractivity contribution in [2.45, 2.75) is 20.4 Å². The quantitative estimate of drug-likeness (QED) is 0.680. The van der Waals surface area contributed by atoms with Gasteiger partial charge in [0.2, 0.25) is 0 Å². The predicted octanol–water partition coefficient (Wildman–Crippen LogP) is 3.20. The minimum atomic E-state index is -0.864. The molecular formula is C14H18Cl2N2O3. The summed E-state index contributed by atoms with van der Waals surface area (Å²) in [6.07, 6.45) is -0.735. The molecule has 0 unspecified atom stereocenters. The van der Waals surface area contributed by atoms with Crippen LogP contribution in [0.1, 0.15) is 19.4 Å². The van der Waals surface area contributed by atoms with Crippen LogP contribution >= 0.6 is 23.2 Å². The van der Waals surface area contributed by atoms with Gasteiger partial charge in [0.05, 0.1) is 12.0 Å². The highest BCUT2D eigenvalue weighted by atomic mass is 35.5. The van der Waals surface area contributed by atoms with E-state index in [2.05, 4.69) is 5.32 Å². The van der Waals surface area contributed by atoms with E-state index in [0.717, 1.165) is 5.06 Å². The van der Waals surface area contributed by atoms with Crippen molar-refractivity contribution in [1.82, 2.24) is 10.4 Å². The molecule has 21 heavy (non-hydrogen) atoms. The first-order valence-electron chi connectivity index (χ1n) is 6.33. The highest BCUT2D eigenvalue weighted by Crippen LogP contribution is 2.24. The Hall–Kier alpha value is -1.46. The second-order valence-corrected chi connectivity index (χ2v) is 5.75. The summed E-state index contributed by atoms with van der Waals surface area (Å²) in [6, 6.07) is 7.02. The van der Waals surface area contributed by atoms with E-state index in [0.29, 0.717) is 10.6 Å². The SMILES string of the molecule is CNC(=O)ON(Cc1ccccc1Cl)C(=O)C(C)(C)CCl. The molecule has 0 atom stereocenters. The molecule has 0 radical (unpaired) electrons. The molecule has 7 heteroatoms. The van der Waals surface area contributed by atoms with Crippen molar-refractivity contribution >= 4 is 35.2 Å². The van der Waals surface area contributed by atoms with Crippen molar-refractivity contribution in [3.63, 3.8) is 0 Å². The van der Waals surface area contributed by atoms with Gasteiger partial charge in [-0.1, -0.05) is 29.8 Å². The minimum Gasteiger partial charge on any atom is -0.323 e. The maximum absolute atomic E-state index is 12.5. The molecule has 0 aliphatic rings. The van der Waals surface area contributed by atoms with Crippen LogP contribution in [0.5, 0.6) is 0 Å². The highest BCUT2D eigenvalue weighted by Gasteiger charge is 2.34. The smallest absolute Gasteiger partial charge is 0.323 e. The maximum Gasteiger partial charge on any atom is 0.431 e. The highest BCUT2D eigenvalue weighted by molar-refractivity contribution is 6.31. The Bertz CT molecular complexity index is 521. The van der Waals surface area contributed by atoms with E-state index in [1.807, 2.05) is 0 Å². The number of hydrogen-bond donors (Lipinski definition) is 1. The standard InChI is InChI=1S/C14H18Cl2N2O3/c1-14(2,9-15)12(19)18(21-13(20)17-3)8-10-6-4-5-7-11(10)16/h4-7H,8-9H2,1-3H3,(H,17,20). The van der Waals surface area contributed by atoms with Gasteiger partial charge in [-0.2, -0.15) is 5.06 Å². The van der Waals surface area contributed by atoms with Gasteiger partial charge in [0.25, 0.3) is 5.91 Å². The molecule has 5 nitrogen and oxygen atoms in total. The average molecular weight is 333 g/mol. The lowest BCUT2D eigenvalue weighted by Crippen LogP contribution is -2.44. The molecule has 0 fully saturated rings. The number of carbonyl (C=O) groups is 2. The molecule has 0 aliphatic carbocycles. The van der Waals surface area contributed by atoms with Crippen LogP contribution in [0.2, 0.25) is 5.02 Å². The van der Waals surface area contributed by atoms with Crippen molar-refractivity contribution < 1.29 is 14.4 Å². The summed E-state index contributed by atoms with van der Waals surface area (Å²) < 4.78 is 0. The first-order valence-corrected chi connectivity index (χ1v) is 7.24. The second-order valence-electron chi connectivity index (χ2n) is 5.08. The third-order valence-electron chi connectivity index (χ3n) is 2.81. The van der Waals surface area contributed by atoms with Crippen molar-refractivity contribution in [3.8, 4) is 0 Å². The Morgan fingerprint density at radius 1 is 1.33 bits per heavy atom. The zero-order chi connectivity index (χ0) is 16.0. The van der Waals surface area contributed by atoms with Crippen molar-refractivity contribution in [2.24, 2.45) is 5.41 Å². The molecule has 0 bridgehead atoms. The number of hydroxylamine groups is 2. The third kappa shape index (κ3) is 4.79. The maximum atomic E-state index is 12.5. The number of alkyl halides is 1. The molecule has 116 valence electrons. The van der Waals surface area contributed by atoms with E-state index < -0.39 is 17.4 Å². The summed E-state index contributed by atoms with van der Waals surface area (Å²) in [5.74, 6) is -0.303. The number of rotatable bonds is 4. The normalized spacial score (nSPS) is 10.9. The van der Waals surface area contributed by atoms with Crippen LogP contribution in [0.25, 0.3) is 0 Å². The fraction of sp³-hybridized carbons (Fsp3) is 0.429. The molecule has 2 amide bonds. The molecule has 0 aliphatic heterocycles. The van der Waals surface area contributed by atoms with Crippen molar-refractivity contribution in [2.75, 3.05) is 12.9 Å². The first-order chi connectivity index (χ1) is 9.81. The van der Waals surface area contributed by atoms with E-state index in [9.17, 15) is 9.59 Å². The van der Waals surface area contributed by atoms with Crippen LogP contribution in [-0.2, 0) is 16.2 Å². The number of carbonyl (C=O) groups excluding carboxylic acids is 2. The lowest BCUT2D eigenvalue weighted by molar-refractivity contribution is -0.177. The van der Waals surface area contributed by atoms with Crippen LogP contribution < -0.4 is 5.32 Å². The zero-order valence-corrected chi connectivity index (χ0v) is 13.7. The van der Waals surface area contributed by atoms with Crippen LogP contribution in [0, 0.1) is 5.41 Å². The van der Waals surface area contributed by atoms with Crippen molar-refractivity contribution in [3.05, 3.63) is 34.9 Å². The van der Waals surface area contributed by atoms with Gasteiger partial charge >= 0.3 is 6.09 Å². The fourth-order valence-electron chi connectivity index (χ4n) is 1.47. The Labute approximate surface area is 134 Å².